The summed E-state index contributed by atoms with van der Waals surface area (Å²) >= 11 is 12.4. The van der Waals surface area contributed by atoms with Crippen LogP contribution in [0.2, 0.25) is 10.0 Å². The summed E-state index contributed by atoms with van der Waals surface area (Å²) in [6.07, 6.45) is -1.30. The molecule has 0 atom stereocenters. The van der Waals surface area contributed by atoms with Crippen LogP contribution in [0.15, 0.2) is 12.1 Å². The van der Waals surface area contributed by atoms with Crippen LogP contribution in [0.25, 0.3) is 0 Å². The number of aromatic nitrogens is 2. The molecule has 6 nitrogen and oxygen atoms in total. The van der Waals surface area contributed by atoms with Crippen LogP contribution in [0, 0.1) is 12.8 Å². The molecule has 11 heteroatoms. The minimum atomic E-state index is -4.05. The molecule has 1 aromatic carbocycles. The van der Waals surface area contributed by atoms with Crippen molar-refractivity contribution in [2.45, 2.75) is 45.8 Å². The van der Waals surface area contributed by atoms with Crippen molar-refractivity contribution in [3.05, 3.63) is 39.1 Å². The quantitative estimate of drug-likeness (QED) is 0.560. The van der Waals surface area contributed by atoms with Gasteiger partial charge < -0.3 is 19.9 Å². The van der Waals surface area contributed by atoms with Gasteiger partial charge in [-0.05, 0) is 56.3 Å². The van der Waals surface area contributed by atoms with Crippen molar-refractivity contribution >= 4 is 40.8 Å². The lowest BCUT2D eigenvalue weighted by Gasteiger charge is -2.20. The summed E-state index contributed by atoms with van der Waals surface area (Å²) < 4.78 is 36.1. The molecule has 0 bridgehead atoms. The van der Waals surface area contributed by atoms with Crippen LogP contribution in [-0.4, -0.2) is 46.4 Å². The standard InChI is InChI=1S/C15H15Cl2N3O2.C6H10F3N/c1-3-11-13(14(21)22)20-5-4-19(15(20)18-11)12-8(2)6-9(16)7-10(12)17;7-6(8,9)4-10-3-5-1-2-5/h6-7H,3-5H2,1-2H3,(H,21,22);5,10H,1-4H2. The van der Waals surface area contributed by atoms with Crippen LogP contribution in [0.5, 0.6) is 0 Å². The summed E-state index contributed by atoms with van der Waals surface area (Å²) in [6.45, 7) is 4.72. The van der Waals surface area contributed by atoms with Crippen LogP contribution in [0.4, 0.5) is 24.8 Å². The molecule has 1 aliphatic heterocycles. The molecule has 4 rings (SSSR count). The highest BCUT2D eigenvalue weighted by Gasteiger charge is 2.32. The molecule has 2 aromatic rings. The Morgan fingerprint density at radius 2 is 1.97 bits per heavy atom. The summed E-state index contributed by atoms with van der Waals surface area (Å²) in [5.41, 5.74) is 2.62. The molecule has 1 saturated carbocycles. The molecule has 2 heterocycles. The summed E-state index contributed by atoms with van der Waals surface area (Å²) in [5.74, 6) is 0.195. The predicted octanol–water partition coefficient (Wildman–Crippen LogP) is 5.46. The maximum absolute atomic E-state index is 11.5. The topological polar surface area (TPSA) is 70.4 Å². The van der Waals surface area contributed by atoms with Crippen LogP contribution in [0.3, 0.4) is 0 Å². The molecule has 1 aliphatic carbocycles. The SMILES string of the molecule is CCc1nc2n(c1C(=O)O)CCN2c1c(C)cc(Cl)cc1Cl.FC(F)(F)CNCC1CC1. The molecule has 0 amide bonds. The van der Waals surface area contributed by atoms with E-state index in [-0.39, 0.29) is 5.69 Å². The first-order chi connectivity index (χ1) is 15.0. The minimum absolute atomic E-state index is 0.266. The van der Waals surface area contributed by atoms with Gasteiger partial charge in [0.15, 0.2) is 5.69 Å². The van der Waals surface area contributed by atoms with Gasteiger partial charge >= 0.3 is 12.1 Å². The number of hydrogen-bond acceptors (Lipinski definition) is 4. The normalized spacial score (nSPS) is 15.4. The van der Waals surface area contributed by atoms with Gasteiger partial charge in [-0.3, -0.25) is 0 Å². The number of carboxylic acid groups (broad SMARTS) is 1. The smallest absolute Gasteiger partial charge is 0.401 e. The largest absolute Gasteiger partial charge is 0.477 e. The molecule has 0 spiro atoms. The Morgan fingerprint density at radius 3 is 2.50 bits per heavy atom. The van der Waals surface area contributed by atoms with Gasteiger partial charge in [0.25, 0.3) is 0 Å². The second-order valence-electron chi connectivity index (χ2n) is 7.91. The van der Waals surface area contributed by atoms with Crippen LogP contribution < -0.4 is 10.2 Å². The van der Waals surface area contributed by atoms with Gasteiger partial charge in [-0.2, -0.15) is 13.2 Å². The Bertz CT molecular complexity index is 967. The number of imidazole rings is 1. The highest BCUT2D eigenvalue weighted by atomic mass is 35.5. The van der Waals surface area contributed by atoms with E-state index in [2.05, 4.69) is 10.3 Å². The van der Waals surface area contributed by atoms with Gasteiger partial charge in [-0.1, -0.05) is 30.1 Å². The van der Waals surface area contributed by atoms with E-state index in [1.807, 2.05) is 24.8 Å². The Morgan fingerprint density at radius 1 is 1.28 bits per heavy atom. The van der Waals surface area contributed by atoms with Gasteiger partial charge in [-0.25, -0.2) is 9.78 Å². The zero-order chi connectivity index (χ0) is 23.6. The zero-order valence-corrected chi connectivity index (χ0v) is 19.3. The van der Waals surface area contributed by atoms with Gasteiger partial charge in [0, 0.05) is 18.1 Å². The van der Waals surface area contributed by atoms with E-state index in [0.717, 1.165) is 24.1 Å². The average molecular weight is 493 g/mol. The van der Waals surface area contributed by atoms with Crippen molar-refractivity contribution in [2.75, 3.05) is 24.5 Å². The number of benzene rings is 1. The Hall–Kier alpha value is -1.97. The molecular formula is C21H25Cl2F3N4O2. The third-order valence-electron chi connectivity index (χ3n) is 5.29. The summed E-state index contributed by atoms with van der Waals surface area (Å²) in [4.78, 5) is 18.0. The fourth-order valence-electron chi connectivity index (χ4n) is 3.68. The highest BCUT2D eigenvalue weighted by molar-refractivity contribution is 6.36. The fourth-order valence-corrected chi connectivity index (χ4v) is 4.38. The van der Waals surface area contributed by atoms with Crippen molar-refractivity contribution in [3.63, 3.8) is 0 Å². The maximum atomic E-state index is 11.5. The van der Waals surface area contributed by atoms with Gasteiger partial charge in [-0.15, -0.1) is 0 Å². The van der Waals surface area contributed by atoms with Crippen molar-refractivity contribution < 1.29 is 23.1 Å². The molecule has 2 aliphatic rings. The summed E-state index contributed by atoms with van der Waals surface area (Å²) in [6, 6.07) is 3.53. The van der Waals surface area contributed by atoms with Crippen LogP contribution in [0.1, 0.15) is 41.5 Å². The average Bonchev–Trinajstić information content (AvgIpc) is 3.29. The number of carbonyl (C=O) groups is 1. The number of alkyl halides is 3. The Kier molecular flexibility index (Phi) is 7.62. The van der Waals surface area contributed by atoms with E-state index < -0.39 is 18.7 Å². The van der Waals surface area contributed by atoms with Crippen molar-refractivity contribution in [3.8, 4) is 0 Å². The van der Waals surface area contributed by atoms with Gasteiger partial charge in [0.1, 0.15) is 0 Å². The van der Waals surface area contributed by atoms with Crippen molar-refractivity contribution in [1.29, 1.82) is 0 Å². The second-order valence-corrected chi connectivity index (χ2v) is 8.76. The molecular weight excluding hydrogens is 468 g/mol. The lowest BCUT2D eigenvalue weighted by molar-refractivity contribution is -0.124. The molecule has 1 fully saturated rings. The number of nitrogens with one attached hydrogen (secondary N) is 1. The molecule has 0 radical (unpaired) electrons. The Labute approximate surface area is 194 Å². The van der Waals surface area contributed by atoms with Crippen LogP contribution >= 0.6 is 23.2 Å². The molecule has 0 unspecified atom stereocenters. The molecule has 32 heavy (non-hydrogen) atoms. The predicted molar refractivity (Wildman–Crippen MR) is 118 cm³/mol. The van der Waals surface area contributed by atoms with E-state index >= 15 is 0 Å². The lowest BCUT2D eigenvalue weighted by Crippen LogP contribution is -2.30. The number of nitrogens with zero attached hydrogens (tertiary/aromatic N) is 3. The third-order valence-corrected chi connectivity index (χ3v) is 5.80. The number of hydrogen-bond donors (Lipinski definition) is 2. The van der Waals surface area contributed by atoms with E-state index in [4.69, 9.17) is 23.2 Å². The zero-order valence-electron chi connectivity index (χ0n) is 17.8. The molecule has 176 valence electrons. The lowest BCUT2D eigenvalue weighted by atomic mass is 10.2. The molecule has 0 saturated heterocycles. The Balaban J connectivity index is 0.000000243. The van der Waals surface area contributed by atoms with E-state index in [9.17, 15) is 23.1 Å². The number of rotatable bonds is 6. The van der Waals surface area contributed by atoms with Crippen molar-refractivity contribution in [1.82, 2.24) is 14.9 Å². The van der Waals surface area contributed by atoms with Gasteiger partial charge in [0.2, 0.25) is 5.95 Å². The number of aryl methyl sites for hydroxylation is 2. The molecule has 2 N–H and O–H groups in total. The van der Waals surface area contributed by atoms with Crippen LogP contribution in [-0.2, 0) is 13.0 Å². The summed E-state index contributed by atoms with van der Waals surface area (Å²) in [5, 5.41) is 12.9. The first kappa shape index (κ1) is 24.7. The first-order valence-electron chi connectivity index (χ1n) is 10.3. The maximum Gasteiger partial charge on any atom is 0.401 e. The fraction of sp³-hybridized carbons (Fsp3) is 0.524. The second kappa shape index (κ2) is 9.89. The molecule has 1 aromatic heterocycles. The van der Waals surface area contributed by atoms with Gasteiger partial charge in [0.05, 0.1) is 22.9 Å². The minimum Gasteiger partial charge on any atom is -0.477 e. The number of halogens is 5. The highest BCUT2D eigenvalue weighted by Crippen LogP contribution is 2.39. The summed E-state index contributed by atoms with van der Waals surface area (Å²) in [7, 11) is 0. The number of carboxylic acids is 1. The third kappa shape index (κ3) is 5.88. The monoisotopic (exact) mass is 492 g/mol. The van der Waals surface area contributed by atoms with E-state index in [0.29, 0.717) is 53.7 Å². The van der Waals surface area contributed by atoms with E-state index in [1.54, 1.807) is 10.6 Å². The number of aromatic carboxylic acids is 1. The first-order valence-corrected chi connectivity index (χ1v) is 11.1. The van der Waals surface area contributed by atoms with E-state index in [1.165, 1.54) is 0 Å². The number of anilines is 2. The number of fused-ring (bicyclic) bond motifs is 1. The van der Waals surface area contributed by atoms with Crippen molar-refractivity contribution in [2.24, 2.45) is 5.92 Å².